The molecule has 0 spiro atoms. The summed E-state index contributed by atoms with van der Waals surface area (Å²) in [5.74, 6) is -0.753. The normalized spacial score (nSPS) is 10.4. The minimum atomic E-state index is -0.689. The zero-order valence-electron chi connectivity index (χ0n) is 14.6. The van der Waals surface area contributed by atoms with Gasteiger partial charge in [-0.3, -0.25) is 14.9 Å². The Kier molecular flexibility index (Phi) is 6.73. The molecule has 27 heavy (non-hydrogen) atoms. The number of amides is 1. The van der Waals surface area contributed by atoms with E-state index in [-0.39, 0.29) is 28.1 Å². The molecule has 0 atom stereocenters. The molecule has 0 heterocycles. The maximum absolute atomic E-state index is 12.0. The number of anilines is 1. The fourth-order valence-corrected chi connectivity index (χ4v) is 2.23. The monoisotopic (exact) mass is 392 g/mol. The number of non-ortho nitro benzene ring substituents is 1. The molecule has 0 aliphatic carbocycles. The lowest BCUT2D eigenvalue weighted by Gasteiger charge is -2.10. The minimum Gasteiger partial charge on any atom is -0.491 e. The summed E-state index contributed by atoms with van der Waals surface area (Å²) in [6.45, 7) is 3.20. The highest BCUT2D eigenvalue weighted by Gasteiger charge is 2.14. The standard InChI is InChI=1S/C18H17ClN2O6/c1-11(2)27-14-6-3-12(4-7-14)18(23)26-10-17(22)20-16-9-13(21(24)25)5-8-15(16)19/h3-9,11H,10H2,1-2H3,(H,20,22). The van der Waals surface area contributed by atoms with Gasteiger partial charge in [0, 0.05) is 12.1 Å². The van der Waals surface area contributed by atoms with Gasteiger partial charge in [-0.2, -0.15) is 0 Å². The second kappa shape index (κ2) is 9.00. The average Bonchev–Trinajstić information content (AvgIpc) is 2.61. The Morgan fingerprint density at radius 3 is 2.44 bits per heavy atom. The van der Waals surface area contributed by atoms with Crippen LogP contribution in [0.1, 0.15) is 24.2 Å². The summed E-state index contributed by atoms with van der Waals surface area (Å²) in [6, 6.07) is 9.92. The fourth-order valence-electron chi connectivity index (χ4n) is 2.07. The number of halogens is 1. The Labute approximate surface area is 160 Å². The number of carbonyl (C=O) groups is 2. The summed E-state index contributed by atoms with van der Waals surface area (Å²) in [5.41, 5.74) is 0.0878. The minimum absolute atomic E-state index is 0.00660. The largest absolute Gasteiger partial charge is 0.491 e. The third kappa shape index (κ3) is 5.96. The van der Waals surface area contributed by atoms with Gasteiger partial charge >= 0.3 is 5.97 Å². The maximum atomic E-state index is 12.0. The summed E-state index contributed by atoms with van der Waals surface area (Å²) in [5, 5.41) is 13.3. The van der Waals surface area contributed by atoms with Gasteiger partial charge in [-0.15, -0.1) is 0 Å². The number of ether oxygens (including phenoxy) is 2. The van der Waals surface area contributed by atoms with Crippen LogP contribution < -0.4 is 10.1 Å². The molecule has 0 fully saturated rings. The van der Waals surface area contributed by atoms with E-state index in [1.54, 1.807) is 12.1 Å². The first kappa shape index (κ1) is 20.2. The van der Waals surface area contributed by atoms with Crippen LogP contribution in [0.15, 0.2) is 42.5 Å². The molecule has 8 nitrogen and oxygen atoms in total. The van der Waals surface area contributed by atoms with Crippen LogP contribution in [0.5, 0.6) is 5.75 Å². The van der Waals surface area contributed by atoms with Crippen molar-refractivity contribution in [3.05, 3.63) is 63.2 Å². The zero-order valence-corrected chi connectivity index (χ0v) is 15.4. The van der Waals surface area contributed by atoms with Gasteiger partial charge in [-0.1, -0.05) is 11.6 Å². The molecule has 9 heteroatoms. The van der Waals surface area contributed by atoms with Gasteiger partial charge in [0.2, 0.25) is 0 Å². The molecule has 2 aromatic carbocycles. The molecule has 1 N–H and O–H groups in total. The van der Waals surface area contributed by atoms with E-state index in [2.05, 4.69) is 5.32 Å². The maximum Gasteiger partial charge on any atom is 0.338 e. The Balaban J connectivity index is 1.92. The smallest absolute Gasteiger partial charge is 0.338 e. The predicted octanol–water partition coefficient (Wildman–Crippen LogP) is 3.83. The van der Waals surface area contributed by atoms with Crippen LogP contribution in [0, 0.1) is 10.1 Å². The highest BCUT2D eigenvalue weighted by molar-refractivity contribution is 6.33. The molecule has 0 aliphatic rings. The van der Waals surface area contributed by atoms with Crippen LogP contribution in [0.3, 0.4) is 0 Å². The van der Waals surface area contributed by atoms with Crippen LogP contribution in [-0.4, -0.2) is 29.5 Å². The highest BCUT2D eigenvalue weighted by Crippen LogP contribution is 2.26. The molecule has 142 valence electrons. The molecule has 2 aromatic rings. The molecule has 0 unspecified atom stereocenters. The SMILES string of the molecule is CC(C)Oc1ccc(C(=O)OCC(=O)Nc2cc([N+](=O)[O-])ccc2Cl)cc1. The molecule has 0 bridgehead atoms. The lowest BCUT2D eigenvalue weighted by Crippen LogP contribution is -2.21. The van der Waals surface area contributed by atoms with Gasteiger partial charge in [-0.25, -0.2) is 4.79 Å². The Hall–Kier alpha value is -3.13. The molecule has 0 radical (unpaired) electrons. The number of rotatable bonds is 7. The summed E-state index contributed by atoms with van der Waals surface area (Å²) >= 11 is 5.90. The molecular formula is C18H17ClN2O6. The quantitative estimate of drug-likeness (QED) is 0.436. The predicted molar refractivity (Wildman–Crippen MR) is 99.2 cm³/mol. The van der Waals surface area contributed by atoms with Gasteiger partial charge in [0.1, 0.15) is 5.75 Å². The van der Waals surface area contributed by atoms with Crippen molar-refractivity contribution in [1.82, 2.24) is 0 Å². The lowest BCUT2D eigenvalue weighted by molar-refractivity contribution is -0.384. The zero-order chi connectivity index (χ0) is 20.0. The summed E-state index contributed by atoms with van der Waals surface area (Å²) in [6.07, 6.45) is 0.00660. The van der Waals surface area contributed by atoms with E-state index in [1.807, 2.05) is 13.8 Å². The Bertz CT molecular complexity index is 851. The van der Waals surface area contributed by atoms with Crippen LogP contribution in [-0.2, 0) is 9.53 Å². The first-order chi connectivity index (χ1) is 12.8. The first-order valence-electron chi connectivity index (χ1n) is 7.94. The summed E-state index contributed by atoms with van der Waals surface area (Å²) in [4.78, 5) is 34.1. The van der Waals surface area contributed by atoms with Crippen molar-refractivity contribution in [2.24, 2.45) is 0 Å². The van der Waals surface area contributed by atoms with Crippen molar-refractivity contribution in [1.29, 1.82) is 0 Å². The van der Waals surface area contributed by atoms with Crippen molar-refractivity contribution in [2.75, 3.05) is 11.9 Å². The third-order valence-corrected chi connectivity index (χ3v) is 3.56. The van der Waals surface area contributed by atoms with Crippen molar-refractivity contribution in [3.8, 4) is 5.75 Å². The van der Waals surface area contributed by atoms with Gasteiger partial charge in [0.25, 0.3) is 11.6 Å². The Morgan fingerprint density at radius 2 is 1.85 bits per heavy atom. The third-order valence-electron chi connectivity index (χ3n) is 3.23. The second-order valence-corrected chi connectivity index (χ2v) is 6.14. The van der Waals surface area contributed by atoms with Gasteiger partial charge in [-0.05, 0) is 44.2 Å². The molecule has 0 aromatic heterocycles. The number of nitro benzene ring substituents is 1. The topological polar surface area (TPSA) is 108 Å². The molecule has 0 aliphatic heterocycles. The number of benzene rings is 2. The highest BCUT2D eigenvalue weighted by atomic mass is 35.5. The summed E-state index contributed by atoms with van der Waals surface area (Å²) in [7, 11) is 0. The van der Waals surface area contributed by atoms with Crippen molar-refractivity contribution < 1.29 is 24.0 Å². The lowest BCUT2D eigenvalue weighted by atomic mass is 10.2. The van der Waals surface area contributed by atoms with E-state index in [0.717, 1.165) is 6.07 Å². The number of hydrogen-bond acceptors (Lipinski definition) is 6. The number of carbonyl (C=O) groups excluding carboxylic acids is 2. The average molecular weight is 393 g/mol. The van der Waals surface area contributed by atoms with E-state index in [0.29, 0.717) is 5.75 Å². The second-order valence-electron chi connectivity index (χ2n) is 5.74. The van der Waals surface area contributed by atoms with Gasteiger partial charge in [0.15, 0.2) is 6.61 Å². The molecule has 0 saturated carbocycles. The van der Waals surface area contributed by atoms with E-state index < -0.39 is 23.4 Å². The number of nitrogens with one attached hydrogen (secondary N) is 1. The van der Waals surface area contributed by atoms with E-state index in [9.17, 15) is 19.7 Å². The van der Waals surface area contributed by atoms with E-state index in [1.165, 1.54) is 24.3 Å². The summed E-state index contributed by atoms with van der Waals surface area (Å²) < 4.78 is 10.4. The Morgan fingerprint density at radius 1 is 1.19 bits per heavy atom. The van der Waals surface area contributed by atoms with Gasteiger partial charge < -0.3 is 14.8 Å². The molecular weight excluding hydrogens is 376 g/mol. The number of nitrogens with zero attached hydrogens (tertiary/aromatic N) is 1. The van der Waals surface area contributed by atoms with Crippen LogP contribution in [0.25, 0.3) is 0 Å². The molecule has 2 rings (SSSR count). The van der Waals surface area contributed by atoms with E-state index >= 15 is 0 Å². The number of nitro groups is 1. The van der Waals surface area contributed by atoms with Crippen molar-refractivity contribution >= 4 is 34.9 Å². The first-order valence-corrected chi connectivity index (χ1v) is 8.31. The van der Waals surface area contributed by atoms with E-state index in [4.69, 9.17) is 21.1 Å². The fraction of sp³-hybridized carbons (Fsp3) is 0.222. The number of esters is 1. The van der Waals surface area contributed by atoms with Crippen LogP contribution in [0.2, 0.25) is 5.02 Å². The van der Waals surface area contributed by atoms with Crippen LogP contribution in [0.4, 0.5) is 11.4 Å². The molecule has 0 saturated heterocycles. The molecule has 1 amide bonds. The van der Waals surface area contributed by atoms with Gasteiger partial charge in [0.05, 0.1) is 27.3 Å². The van der Waals surface area contributed by atoms with Crippen LogP contribution >= 0.6 is 11.6 Å². The van der Waals surface area contributed by atoms with Crippen molar-refractivity contribution in [3.63, 3.8) is 0 Å². The number of hydrogen-bond donors (Lipinski definition) is 1. The van der Waals surface area contributed by atoms with Crippen molar-refractivity contribution in [2.45, 2.75) is 20.0 Å².